The number of ether oxygens (including phenoxy) is 4. The summed E-state index contributed by atoms with van der Waals surface area (Å²) in [6, 6.07) is 43.1. The van der Waals surface area contributed by atoms with Crippen molar-refractivity contribution in [3.8, 4) is 22.6 Å². The Bertz CT molecular complexity index is 2680. The Labute approximate surface area is 382 Å². The van der Waals surface area contributed by atoms with E-state index in [1.54, 1.807) is 38.5 Å². The van der Waals surface area contributed by atoms with Gasteiger partial charge in [-0.2, -0.15) is 4.72 Å². The number of benzene rings is 6. The van der Waals surface area contributed by atoms with E-state index in [1.165, 1.54) is 11.1 Å². The fourth-order valence-electron chi connectivity index (χ4n) is 8.73. The van der Waals surface area contributed by atoms with Gasteiger partial charge in [-0.15, -0.1) is 0 Å². The number of rotatable bonds is 16. The molecule has 0 spiro atoms. The van der Waals surface area contributed by atoms with E-state index < -0.39 is 28.3 Å². The summed E-state index contributed by atoms with van der Waals surface area (Å²) in [7, 11) is -0.658. The molecule has 12 heteroatoms. The standard InChI is InChI=1S/C53H57N3O8S/c1-35-16-22-46(23-17-35)65(59,60)55-47(27-37-10-6-5-7-11-37)52(58)54-31-39-12-8-13-41(26-39)42-14-9-15-44(28-42)53-63-50(36(2)51(64-53)40-20-18-38(34-57)19-21-40)33-56-25-24-43-29-48(61-3)49(62-4)30-45(43)32-56/h5-23,26,28-30,36,47,50-51,53,55,57H,24-25,27,31-34H2,1-4H3,(H,54,58)/t36-,47-,50+,51+,53+/m1/s1. The van der Waals surface area contributed by atoms with Gasteiger partial charge in [0.05, 0.1) is 37.9 Å². The molecule has 6 aromatic rings. The van der Waals surface area contributed by atoms with Crippen LogP contribution in [-0.2, 0) is 56.8 Å². The molecule has 0 bridgehead atoms. The summed E-state index contributed by atoms with van der Waals surface area (Å²) in [4.78, 5) is 16.3. The summed E-state index contributed by atoms with van der Waals surface area (Å²) in [6.45, 7) is 6.56. The number of aryl methyl sites for hydroxylation is 1. The van der Waals surface area contributed by atoms with Crippen molar-refractivity contribution in [3.05, 3.63) is 184 Å². The largest absolute Gasteiger partial charge is 0.493 e. The fourth-order valence-corrected chi connectivity index (χ4v) is 9.92. The fraction of sp³-hybridized carbons (Fsp3) is 0.302. The summed E-state index contributed by atoms with van der Waals surface area (Å²) in [5.74, 6) is 1.04. The van der Waals surface area contributed by atoms with Crippen molar-refractivity contribution in [3.63, 3.8) is 0 Å². The Morgan fingerprint density at radius 1 is 0.769 bits per heavy atom. The van der Waals surface area contributed by atoms with Gasteiger partial charge in [0.1, 0.15) is 6.04 Å². The first-order valence-electron chi connectivity index (χ1n) is 22.1. The molecule has 1 saturated heterocycles. The average Bonchev–Trinajstić information content (AvgIpc) is 3.33. The molecule has 0 saturated carbocycles. The smallest absolute Gasteiger partial charge is 0.241 e. The predicted molar refractivity (Wildman–Crippen MR) is 251 cm³/mol. The van der Waals surface area contributed by atoms with E-state index in [0.717, 1.165) is 75.5 Å². The van der Waals surface area contributed by atoms with Crippen molar-refractivity contribution in [2.24, 2.45) is 5.92 Å². The van der Waals surface area contributed by atoms with E-state index in [4.69, 9.17) is 18.9 Å². The molecule has 3 N–H and O–H groups in total. The van der Waals surface area contributed by atoms with Gasteiger partial charge in [0.25, 0.3) is 0 Å². The Morgan fingerprint density at radius 2 is 1.45 bits per heavy atom. The molecular weight excluding hydrogens is 839 g/mol. The third-order valence-electron chi connectivity index (χ3n) is 12.5. The summed E-state index contributed by atoms with van der Waals surface area (Å²) in [5, 5.41) is 12.8. The molecule has 1 fully saturated rings. The quantitative estimate of drug-likeness (QED) is 0.0879. The first-order chi connectivity index (χ1) is 31.5. The van der Waals surface area contributed by atoms with Crippen LogP contribution in [-0.4, -0.2) is 63.8 Å². The Hall–Kier alpha value is -5.86. The highest BCUT2D eigenvalue weighted by Gasteiger charge is 2.40. The topological polar surface area (TPSA) is 136 Å². The average molecular weight is 896 g/mol. The SMILES string of the molecule is COc1cc2c(cc1OC)CN(C[C@@H]1O[C@H](c3cccc(-c4cccc(CNC(=O)[C@@H](Cc5ccccc5)NS(=O)(=O)c5ccc(C)cc5)c4)c3)O[C@H](c3ccc(CO)cc3)[C@@H]1C)CC2. The lowest BCUT2D eigenvalue weighted by atomic mass is 9.89. The molecule has 0 unspecified atom stereocenters. The zero-order chi connectivity index (χ0) is 45.5. The number of aliphatic hydroxyl groups excluding tert-OH is 1. The zero-order valence-corrected chi connectivity index (χ0v) is 38.1. The number of carbonyl (C=O) groups excluding carboxylic acids is 1. The molecule has 65 heavy (non-hydrogen) atoms. The molecule has 1 amide bonds. The van der Waals surface area contributed by atoms with Crippen LogP contribution in [0.4, 0.5) is 0 Å². The number of fused-ring (bicyclic) bond motifs is 1. The lowest BCUT2D eigenvalue weighted by molar-refractivity contribution is -0.276. The Morgan fingerprint density at radius 3 is 2.15 bits per heavy atom. The number of methoxy groups -OCH3 is 2. The van der Waals surface area contributed by atoms with Gasteiger partial charge in [0, 0.05) is 37.7 Å². The van der Waals surface area contributed by atoms with E-state index in [-0.39, 0.29) is 42.6 Å². The van der Waals surface area contributed by atoms with Crippen LogP contribution in [0.2, 0.25) is 0 Å². The number of nitrogens with one attached hydrogen (secondary N) is 2. The van der Waals surface area contributed by atoms with Gasteiger partial charge in [-0.05, 0) is 101 Å². The highest BCUT2D eigenvalue weighted by atomic mass is 32.2. The monoisotopic (exact) mass is 895 g/mol. The summed E-state index contributed by atoms with van der Waals surface area (Å²) >= 11 is 0. The number of hydrogen-bond acceptors (Lipinski definition) is 9. The van der Waals surface area contributed by atoms with Gasteiger partial charge >= 0.3 is 0 Å². The molecule has 11 nitrogen and oxygen atoms in total. The first-order valence-corrected chi connectivity index (χ1v) is 23.5. The highest BCUT2D eigenvalue weighted by Crippen LogP contribution is 2.43. The minimum Gasteiger partial charge on any atom is -0.493 e. The van der Waals surface area contributed by atoms with Crippen LogP contribution in [0.1, 0.15) is 63.8 Å². The summed E-state index contributed by atoms with van der Waals surface area (Å²) in [6.07, 6.45) is -0.0281. The van der Waals surface area contributed by atoms with Gasteiger partial charge in [0.2, 0.25) is 15.9 Å². The summed E-state index contributed by atoms with van der Waals surface area (Å²) in [5.41, 5.74) is 9.72. The number of aliphatic hydroxyl groups is 1. The van der Waals surface area contributed by atoms with Crippen molar-refractivity contribution < 1.29 is 37.3 Å². The second kappa shape index (κ2) is 20.5. The van der Waals surface area contributed by atoms with Crippen LogP contribution in [0.15, 0.2) is 144 Å². The predicted octanol–water partition coefficient (Wildman–Crippen LogP) is 8.23. The maximum atomic E-state index is 13.8. The van der Waals surface area contributed by atoms with Crippen LogP contribution in [0.5, 0.6) is 11.5 Å². The second-order valence-electron chi connectivity index (χ2n) is 17.0. The minimum atomic E-state index is -3.98. The second-order valence-corrected chi connectivity index (χ2v) is 18.7. The zero-order valence-electron chi connectivity index (χ0n) is 37.3. The van der Waals surface area contributed by atoms with Gasteiger partial charge in [0.15, 0.2) is 17.8 Å². The Kier molecular flexibility index (Phi) is 14.4. The van der Waals surface area contributed by atoms with Crippen LogP contribution < -0.4 is 19.5 Å². The van der Waals surface area contributed by atoms with Crippen molar-refractivity contribution in [1.29, 1.82) is 0 Å². The Balaban J connectivity index is 0.997. The number of nitrogens with zero attached hydrogens (tertiary/aromatic N) is 1. The molecule has 0 radical (unpaired) electrons. The van der Waals surface area contributed by atoms with E-state index in [9.17, 15) is 18.3 Å². The van der Waals surface area contributed by atoms with Gasteiger partial charge in [-0.25, -0.2) is 8.42 Å². The maximum Gasteiger partial charge on any atom is 0.241 e. The van der Waals surface area contributed by atoms with E-state index in [2.05, 4.69) is 40.1 Å². The van der Waals surface area contributed by atoms with E-state index in [1.807, 2.05) is 104 Å². The molecule has 2 aliphatic heterocycles. The van der Waals surface area contributed by atoms with Crippen LogP contribution in [0, 0.1) is 12.8 Å². The molecule has 0 aliphatic carbocycles. The van der Waals surface area contributed by atoms with Crippen LogP contribution in [0.25, 0.3) is 11.1 Å². The molecule has 5 atom stereocenters. The molecule has 6 aromatic carbocycles. The van der Waals surface area contributed by atoms with Gasteiger partial charge < -0.3 is 29.4 Å². The normalized spacial score (nSPS) is 19.2. The van der Waals surface area contributed by atoms with Crippen molar-refractivity contribution in [1.82, 2.24) is 14.9 Å². The molecule has 2 heterocycles. The lowest BCUT2D eigenvalue weighted by Gasteiger charge is -2.43. The van der Waals surface area contributed by atoms with Crippen molar-refractivity contribution in [2.45, 2.75) is 75.8 Å². The lowest BCUT2D eigenvalue weighted by Crippen LogP contribution is -2.47. The molecule has 338 valence electrons. The first kappa shape index (κ1) is 45.7. The minimum absolute atomic E-state index is 0.0123. The molecule has 0 aromatic heterocycles. The van der Waals surface area contributed by atoms with E-state index >= 15 is 0 Å². The molecule has 8 rings (SSSR count). The van der Waals surface area contributed by atoms with Crippen molar-refractivity contribution in [2.75, 3.05) is 27.3 Å². The number of amides is 1. The van der Waals surface area contributed by atoms with Gasteiger partial charge in [-0.3, -0.25) is 9.69 Å². The van der Waals surface area contributed by atoms with Crippen LogP contribution >= 0.6 is 0 Å². The third-order valence-corrected chi connectivity index (χ3v) is 14.0. The van der Waals surface area contributed by atoms with E-state index in [0.29, 0.717) is 6.54 Å². The summed E-state index contributed by atoms with van der Waals surface area (Å²) < 4.78 is 54.6. The van der Waals surface area contributed by atoms with Crippen LogP contribution in [0.3, 0.4) is 0 Å². The maximum absolute atomic E-state index is 13.8. The molecule has 2 aliphatic rings. The van der Waals surface area contributed by atoms with Crippen molar-refractivity contribution >= 4 is 15.9 Å². The third kappa shape index (κ3) is 11.0. The number of sulfonamides is 1. The number of carbonyl (C=O) groups is 1. The number of hydrogen-bond donors (Lipinski definition) is 3. The molecular formula is C53H57N3O8S. The van der Waals surface area contributed by atoms with Gasteiger partial charge in [-0.1, -0.05) is 116 Å². The highest BCUT2D eigenvalue weighted by molar-refractivity contribution is 7.89.